The fraction of sp³-hybridized carbons (Fsp3) is 0. The molecule has 14 heavy (non-hydrogen) atoms. The van der Waals surface area contributed by atoms with Gasteiger partial charge in [-0.2, -0.15) is 0 Å². The first-order valence-electron chi connectivity index (χ1n) is 4.04. The van der Waals surface area contributed by atoms with Gasteiger partial charge in [0.1, 0.15) is 0 Å². The number of hydrogen-bond donors (Lipinski definition) is 0. The van der Waals surface area contributed by atoms with Crippen molar-refractivity contribution in [3.63, 3.8) is 0 Å². The predicted octanol–water partition coefficient (Wildman–Crippen LogP) is 4.07. The zero-order valence-electron chi connectivity index (χ0n) is 7.17. The summed E-state index contributed by atoms with van der Waals surface area (Å²) < 4.78 is 2.11. The Balaban J connectivity index is 2.52. The van der Waals surface area contributed by atoms with Crippen molar-refractivity contribution in [2.24, 2.45) is 0 Å². The molecule has 1 aromatic carbocycles. The number of aromatic nitrogens is 1. The van der Waals surface area contributed by atoms with Crippen molar-refractivity contribution in [3.8, 4) is 11.1 Å². The summed E-state index contributed by atoms with van der Waals surface area (Å²) in [5, 5.41) is 0. The van der Waals surface area contributed by atoms with Gasteiger partial charge in [0.2, 0.25) is 0 Å². The van der Waals surface area contributed by atoms with Crippen LogP contribution >= 0.6 is 31.9 Å². The van der Waals surface area contributed by atoms with Crippen LogP contribution in [-0.4, -0.2) is 4.98 Å². The first-order valence-corrected chi connectivity index (χ1v) is 5.63. The molecule has 0 spiro atoms. The minimum absolute atomic E-state index is 1.05. The average Bonchev–Trinajstić information content (AvgIpc) is 2.18. The molecular formula is C11H6Br2N. The second-order valence-corrected chi connectivity index (χ2v) is 4.66. The van der Waals surface area contributed by atoms with Crippen molar-refractivity contribution in [2.75, 3.05) is 0 Å². The summed E-state index contributed by atoms with van der Waals surface area (Å²) in [6, 6.07) is 9.97. The molecule has 2 rings (SSSR count). The predicted molar refractivity (Wildman–Crippen MR) is 63.9 cm³/mol. The Morgan fingerprint density at radius 2 is 1.71 bits per heavy atom. The summed E-state index contributed by atoms with van der Waals surface area (Å²) in [6.45, 7) is 0. The summed E-state index contributed by atoms with van der Waals surface area (Å²) in [7, 11) is 0. The van der Waals surface area contributed by atoms with Crippen LogP contribution in [0.4, 0.5) is 0 Å². The van der Waals surface area contributed by atoms with Crippen LogP contribution in [0.3, 0.4) is 0 Å². The van der Waals surface area contributed by atoms with Gasteiger partial charge in [-0.15, -0.1) is 0 Å². The van der Waals surface area contributed by atoms with Gasteiger partial charge in [0.25, 0.3) is 0 Å². The minimum atomic E-state index is 1.05. The molecule has 1 aromatic heterocycles. The summed E-state index contributed by atoms with van der Waals surface area (Å²) in [6.07, 6.45) is 4.56. The Morgan fingerprint density at radius 3 is 2.29 bits per heavy atom. The number of rotatable bonds is 1. The maximum absolute atomic E-state index is 3.87. The third-order valence-corrected chi connectivity index (χ3v) is 2.73. The van der Waals surface area contributed by atoms with Crippen molar-refractivity contribution in [1.82, 2.24) is 4.98 Å². The lowest BCUT2D eigenvalue weighted by molar-refractivity contribution is 1.31. The lowest BCUT2D eigenvalue weighted by atomic mass is 10.1. The lowest BCUT2D eigenvalue weighted by Crippen LogP contribution is -1.79. The third-order valence-electron chi connectivity index (χ3n) is 1.82. The molecule has 0 saturated carbocycles. The van der Waals surface area contributed by atoms with E-state index in [9.17, 15) is 0 Å². The van der Waals surface area contributed by atoms with Crippen LogP contribution in [0.15, 0.2) is 45.5 Å². The number of nitrogens with zero attached hydrogens (tertiary/aromatic N) is 1. The molecule has 1 nitrogen and oxygen atoms in total. The fourth-order valence-corrected chi connectivity index (χ4v) is 2.51. The molecule has 1 radical (unpaired) electrons. The third kappa shape index (κ3) is 2.22. The van der Waals surface area contributed by atoms with Crippen molar-refractivity contribution in [2.45, 2.75) is 0 Å². The standard InChI is InChI=1S/C11H6Br2N/c12-10-5-9(6-11(13)7-10)8-1-3-14-4-2-8/h1-3,5-7H. The molecule has 0 saturated heterocycles. The van der Waals surface area contributed by atoms with E-state index in [2.05, 4.69) is 55.2 Å². The zero-order valence-corrected chi connectivity index (χ0v) is 10.3. The van der Waals surface area contributed by atoms with E-state index in [0.29, 0.717) is 0 Å². The molecule has 0 aliphatic carbocycles. The monoisotopic (exact) mass is 310 g/mol. The molecule has 0 aliphatic rings. The van der Waals surface area contributed by atoms with Gasteiger partial charge in [0.15, 0.2) is 0 Å². The van der Waals surface area contributed by atoms with Crippen LogP contribution in [-0.2, 0) is 0 Å². The van der Waals surface area contributed by atoms with E-state index in [0.717, 1.165) is 20.1 Å². The van der Waals surface area contributed by atoms with Crippen LogP contribution in [0, 0.1) is 6.20 Å². The molecular weight excluding hydrogens is 306 g/mol. The molecule has 0 fully saturated rings. The molecule has 69 valence electrons. The van der Waals surface area contributed by atoms with E-state index in [1.165, 1.54) is 0 Å². The average molecular weight is 312 g/mol. The summed E-state index contributed by atoms with van der Waals surface area (Å²) in [5.74, 6) is 0. The Labute approximate surface area is 99.4 Å². The van der Waals surface area contributed by atoms with Crippen LogP contribution in [0.1, 0.15) is 0 Å². The molecule has 0 amide bonds. The normalized spacial score (nSPS) is 10.1. The van der Waals surface area contributed by atoms with Gasteiger partial charge >= 0.3 is 0 Å². The Morgan fingerprint density at radius 1 is 1.00 bits per heavy atom. The van der Waals surface area contributed by atoms with Gasteiger partial charge in [0.05, 0.1) is 6.20 Å². The number of pyridine rings is 1. The van der Waals surface area contributed by atoms with Gasteiger partial charge in [0, 0.05) is 15.1 Å². The topological polar surface area (TPSA) is 12.9 Å². The molecule has 2 aromatic rings. The van der Waals surface area contributed by atoms with E-state index < -0.39 is 0 Å². The molecule has 3 heteroatoms. The van der Waals surface area contributed by atoms with Crippen LogP contribution < -0.4 is 0 Å². The van der Waals surface area contributed by atoms with Crippen molar-refractivity contribution >= 4 is 31.9 Å². The first kappa shape index (κ1) is 9.87. The van der Waals surface area contributed by atoms with E-state index in [4.69, 9.17) is 0 Å². The van der Waals surface area contributed by atoms with E-state index in [1.54, 1.807) is 6.20 Å². The Bertz CT molecular complexity index is 420. The minimum Gasteiger partial charge on any atom is -0.255 e. The highest BCUT2D eigenvalue weighted by molar-refractivity contribution is 9.11. The van der Waals surface area contributed by atoms with Gasteiger partial charge in [-0.3, -0.25) is 4.98 Å². The van der Waals surface area contributed by atoms with Gasteiger partial charge in [-0.25, -0.2) is 0 Å². The van der Waals surface area contributed by atoms with Crippen molar-refractivity contribution in [1.29, 1.82) is 0 Å². The molecule has 0 bridgehead atoms. The van der Waals surface area contributed by atoms with Crippen LogP contribution in [0.5, 0.6) is 0 Å². The number of hydrogen-bond acceptors (Lipinski definition) is 1. The molecule has 1 heterocycles. The smallest absolute Gasteiger partial charge is 0.0892 e. The second kappa shape index (κ2) is 4.24. The Kier molecular flexibility index (Phi) is 2.99. The molecule has 0 aliphatic heterocycles. The van der Waals surface area contributed by atoms with E-state index in [-0.39, 0.29) is 0 Å². The van der Waals surface area contributed by atoms with E-state index >= 15 is 0 Å². The highest BCUT2D eigenvalue weighted by atomic mass is 79.9. The number of halogens is 2. The summed E-state index contributed by atoms with van der Waals surface area (Å²) in [4.78, 5) is 3.87. The second-order valence-electron chi connectivity index (χ2n) is 2.83. The first-order chi connectivity index (χ1) is 6.75. The molecule has 0 N–H and O–H groups in total. The number of benzene rings is 1. The highest BCUT2D eigenvalue weighted by Crippen LogP contribution is 2.26. The van der Waals surface area contributed by atoms with Crippen LogP contribution in [0.25, 0.3) is 11.1 Å². The maximum atomic E-state index is 3.87. The lowest BCUT2D eigenvalue weighted by Gasteiger charge is -2.02. The van der Waals surface area contributed by atoms with Gasteiger partial charge < -0.3 is 0 Å². The summed E-state index contributed by atoms with van der Waals surface area (Å²) in [5.41, 5.74) is 2.26. The van der Waals surface area contributed by atoms with Crippen LogP contribution in [0.2, 0.25) is 0 Å². The van der Waals surface area contributed by atoms with E-state index in [1.807, 2.05) is 18.2 Å². The zero-order chi connectivity index (χ0) is 9.97. The quantitative estimate of drug-likeness (QED) is 0.773. The van der Waals surface area contributed by atoms with Crippen molar-refractivity contribution in [3.05, 3.63) is 51.7 Å². The highest BCUT2D eigenvalue weighted by Gasteiger charge is 1.99. The molecule has 0 atom stereocenters. The SMILES string of the molecule is Brc1cc(Br)cc(-c2c[c]ncc2)c1. The van der Waals surface area contributed by atoms with Crippen molar-refractivity contribution < 1.29 is 0 Å². The fourth-order valence-electron chi connectivity index (χ4n) is 1.22. The largest absolute Gasteiger partial charge is 0.255 e. The maximum Gasteiger partial charge on any atom is 0.0892 e. The molecule has 0 unspecified atom stereocenters. The van der Waals surface area contributed by atoms with Gasteiger partial charge in [-0.1, -0.05) is 31.9 Å². The Hall–Kier alpha value is -0.670. The summed E-state index contributed by atoms with van der Waals surface area (Å²) >= 11 is 6.91. The van der Waals surface area contributed by atoms with Gasteiger partial charge in [-0.05, 0) is 41.5 Å².